The first-order valence-electron chi connectivity index (χ1n) is 8.90. The second kappa shape index (κ2) is 7.52. The van der Waals surface area contributed by atoms with Gasteiger partial charge in [-0.25, -0.2) is 15.0 Å². The minimum absolute atomic E-state index is 0.320. The summed E-state index contributed by atoms with van der Waals surface area (Å²) in [5.41, 5.74) is 1.66. The van der Waals surface area contributed by atoms with Crippen LogP contribution in [-0.4, -0.2) is 53.2 Å². The average Bonchev–Trinajstić information content (AvgIpc) is 2.73. The fraction of sp³-hybridized carbons (Fsp3) is 0.368. The van der Waals surface area contributed by atoms with Gasteiger partial charge in [0.1, 0.15) is 18.0 Å². The van der Waals surface area contributed by atoms with Gasteiger partial charge in [-0.05, 0) is 31.0 Å². The van der Waals surface area contributed by atoms with Crippen molar-refractivity contribution in [2.75, 3.05) is 37.0 Å². The number of rotatable bonds is 4. The molecule has 1 aromatic carbocycles. The molecular formula is C19H21ClN6O. The number of piperidine rings is 1. The van der Waals surface area contributed by atoms with Gasteiger partial charge in [0.25, 0.3) is 0 Å². The molecule has 27 heavy (non-hydrogen) atoms. The van der Waals surface area contributed by atoms with Gasteiger partial charge in [-0.1, -0.05) is 11.6 Å². The number of likely N-dealkylation sites (N-methyl/N-ethyl adjacent to an activating group) is 1. The van der Waals surface area contributed by atoms with Gasteiger partial charge in [0, 0.05) is 37.3 Å². The van der Waals surface area contributed by atoms with E-state index in [1.54, 1.807) is 7.11 Å². The predicted molar refractivity (Wildman–Crippen MR) is 107 cm³/mol. The van der Waals surface area contributed by atoms with E-state index in [-0.39, 0.29) is 0 Å². The molecule has 0 radical (unpaired) electrons. The summed E-state index contributed by atoms with van der Waals surface area (Å²) in [7, 11) is 3.67. The van der Waals surface area contributed by atoms with Crippen molar-refractivity contribution < 1.29 is 4.74 Å². The fourth-order valence-corrected chi connectivity index (χ4v) is 3.59. The molecule has 1 fully saturated rings. The van der Waals surface area contributed by atoms with E-state index in [1.165, 1.54) is 6.33 Å². The molecule has 0 saturated carbocycles. The van der Waals surface area contributed by atoms with Gasteiger partial charge in [-0.15, -0.1) is 0 Å². The van der Waals surface area contributed by atoms with Crippen LogP contribution in [0.3, 0.4) is 0 Å². The largest absolute Gasteiger partial charge is 0.481 e. The van der Waals surface area contributed by atoms with Crippen molar-refractivity contribution in [2.45, 2.75) is 18.9 Å². The third-order valence-electron chi connectivity index (χ3n) is 4.96. The summed E-state index contributed by atoms with van der Waals surface area (Å²) in [6.07, 6.45) is 5.54. The van der Waals surface area contributed by atoms with Crippen LogP contribution in [0.4, 0.5) is 11.6 Å². The fourth-order valence-electron chi connectivity index (χ4n) is 3.43. The number of hydrogen-bond acceptors (Lipinski definition) is 7. The standard InChI is InChI=1S/C19H21ClN6O/c1-25(17-9-19(27-2)23-12-22-17)14-4-3-7-26(11-14)18-10-21-16-8-13(20)5-6-15(16)24-18/h5-6,8-10,12,14H,3-4,7,11H2,1-2H3. The molecule has 1 atom stereocenters. The summed E-state index contributed by atoms with van der Waals surface area (Å²) in [4.78, 5) is 22.2. The van der Waals surface area contributed by atoms with Crippen LogP contribution in [0.15, 0.2) is 36.8 Å². The topological polar surface area (TPSA) is 67.3 Å². The molecule has 0 bridgehead atoms. The Morgan fingerprint density at radius 3 is 2.93 bits per heavy atom. The van der Waals surface area contributed by atoms with E-state index in [1.807, 2.05) is 30.5 Å². The van der Waals surface area contributed by atoms with Crippen molar-refractivity contribution in [2.24, 2.45) is 0 Å². The number of hydrogen-bond donors (Lipinski definition) is 0. The SMILES string of the molecule is COc1cc(N(C)C2CCCN(c3cnc4cc(Cl)ccc4n3)C2)ncn1. The van der Waals surface area contributed by atoms with E-state index in [0.717, 1.165) is 48.6 Å². The van der Waals surface area contributed by atoms with Crippen LogP contribution in [0.25, 0.3) is 11.0 Å². The molecule has 140 valence electrons. The molecule has 3 aromatic rings. The third kappa shape index (κ3) is 3.73. The van der Waals surface area contributed by atoms with E-state index in [2.05, 4.69) is 31.8 Å². The Morgan fingerprint density at radius 2 is 2.07 bits per heavy atom. The molecule has 1 aliphatic heterocycles. The average molecular weight is 385 g/mol. The van der Waals surface area contributed by atoms with E-state index >= 15 is 0 Å². The van der Waals surface area contributed by atoms with Gasteiger partial charge in [0.05, 0.1) is 24.3 Å². The predicted octanol–water partition coefficient (Wildman–Crippen LogP) is 3.19. The maximum absolute atomic E-state index is 6.04. The molecule has 8 heteroatoms. The van der Waals surface area contributed by atoms with Crippen LogP contribution in [-0.2, 0) is 0 Å². The van der Waals surface area contributed by atoms with Gasteiger partial charge < -0.3 is 14.5 Å². The number of aromatic nitrogens is 4. The summed E-state index contributed by atoms with van der Waals surface area (Å²) in [6.45, 7) is 1.82. The van der Waals surface area contributed by atoms with E-state index in [0.29, 0.717) is 16.9 Å². The Bertz CT molecular complexity index is 952. The lowest BCUT2D eigenvalue weighted by Crippen LogP contribution is -2.47. The molecule has 0 aliphatic carbocycles. The van der Waals surface area contributed by atoms with Crippen molar-refractivity contribution in [1.29, 1.82) is 0 Å². The van der Waals surface area contributed by atoms with E-state index in [4.69, 9.17) is 21.3 Å². The number of benzene rings is 1. The zero-order valence-electron chi connectivity index (χ0n) is 15.3. The van der Waals surface area contributed by atoms with Crippen LogP contribution in [0.2, 0.25) is 5.02 Å². The maximum Gasteiger partial charge on any atom is 0.218 e. The molecule has 1 saturated heterocycles. The second-order valence-corrected chi connectivity index (χ2v) is 7.07. The molecule has 1 aliphatic rings. The smallest absolute Gasteiger partial charge is 0.218 e. The van der Waals surface area contributed by atoms with Crippen LogP contribution in [0.1, 0.15) is 12.8 Å². The lowest BCUT2D eigenvalue weighted by molar-refractivity contribution is 0.396. The minimum atomic E-state index is 0.320. The quantitative estimate of drug-likeness (QED) is 0.684. The van der Waals surface area contributed by atoms with Crippen molar-refractivity contribution in [3.05, 3.63) is 41.8 Å². The minimum Gasteiger partial charge on any atom is -0.481 e. The van der Waals surface area contributed by atoms with Crippen LogP contribution in [0.5, 0.6) is 5.88 Å². The summed E-state index contributed by atoms with van der Waals surface area (Å²) < 4.78 is 5.22. The Balaban J connectivity index is 1.54. The van der Waals surface area contributed by atoms with Gasteiger partial charge in [-0.3, -0.25) is 4.98 Å². The summed E-state index contributed by atoms with van der Waals surface area (Å²) in [5, 5.41) is 0.671. The Hall–Kier alpha value is -2.67. The monoisotopic (exact) mass is 384 g/mol. The van der Waals surface area contributed by atoms with Gasteiger partial charge in [0.2, 0.25) is 5.88 Å². The molecule has 7 nitrogen and oxygen atoms in total. The second-order valence-electron chi connectivity index (χ2n) is 6.63. The van der Waals surface area contributed by atoms with Crippen molar-refractivity contribution in [1.82, 2.24) is 19.9 Å². The highest BCUT2D eigenvalue weighted by Crippen LogP contribution is 2.25. The normalized spacial score (nSPS) is 17.1. The Labute approximate surface area is 163 Å². The zero-order valence-corrected chi connectivity index (χ0v) is 16.1. The number of fused-ring (bicyclic) bond motifs is 1. The van der Waals surface area contributed by atoms with Crippen LogP contribution >= 0.6 is 11.6 Å². The molecule has 0 N–H and O–H groups in total. The first kappa shape index (κ1) is 17.7. The molecule has 1 unspecified atom stereocenters. The number of methoxy groups -OCH3 is 1. The van der Waals surface area contributed by atoms with Crippen molar-refractivity contribution in [3.8, 4) is 5.88 Å². The molecule has 0 spiro atoms. The number of ether oxygens (including phenoxy) is 1. The lowest BCUT2D eigenvalue weighted by Gasteiger charge is -2.38. The van der Waals surface area contributed by atoms with E-state index in [9.17, 15) is 0 Å². The molecule has 4 rings (SSSR count). The van der Waals surface area contributed by atoms with Gasteiger partial charge >= 0.3 is 0 Å². The molecule has 3 heterocycles. The number of anilines is 2. The summed E-state index contributed by atoms with van der Waals surface area (Å²) in [6, 6.07) is 7.77. The number of nitrogens with zero attached hydrogens (tertiary/aromatic N) is 6. The van der Waals surface area contributed by atoms with Crippen LogP contribution in [0, 0.1) is 0 Å². The van der Waals surface area contributed by atoms with Crippen molar-refractivity contribution in [3.63, 3.8) is 0 Å². The van der Waals surface area contributed by atoms with Crippen molar-refractivity contribution >= 4 is 34.3 Å². The maximum atomic E-state index is 6.04. The first-order chi connectivity index (χ1) is 13.1. The summed E-state index contributed by atoms with van der Waals surface area (Å²) in [5.74, 6) is 2.31. The van der Waals surface area contributed by atoms with Crippen LogP contribution < -0.4 is 14.5 Å². The molecular weight excluding hydrogens is 364 g/mol. The highest BCUT2D eigenvalue weighted by molar-refractivity contribution is 6.31. The van der Waals surface area contributed by atoms with Gasteiger partial charge in [0.15, 0.2) is 0 Å². The van der Waals surface area contributed by atoms with Gasteiger partial charge in [-0.2, -0.15) is 0 Å². The highest BCUT2D eigenvalue weighted by Gasteiger charge is 2.25. The van der Waals surface area contributed by atoms with E-state index < -0.39 is 0 Å². The summed E-state index contributed by atoms with van der Waals surface area (Å²) >= 11 is 6.04. The third-order valence-corrected chi connectivity index (χ3v) is 5.19. The Kier molecular flexibility index (Phi) is 4.94. The number of halogens is 1. The lowest BCUT2D eigenvalue weighted by atomic mass is 10.0. The zero-order chi connectivity index (χ0) is 18.8. The molecule has 2 aromatic heterocycles. The Morgan fingerprint density at radius 1 is 1.19 bits per heavy atom. The molecule has 0 amide bonds. The first-order valence-corrected chi connectivity index (χ1v) is 9.28. The highest BCUT2D eigenvalue weighted by atomic mass is 35.5.